The summed E-state index contributed by atoms with van der Waals surface area (Å²) >= 11 is 0. The molecule has 40 heavy (non-hydrogen) atoms. The summed E-state index contributed by atoms with van der Waals surface area (Å²) in [5.74, 6) is 0.535. The Kier molecular flexibility index (Phi) is 7.43. The molecule has 0 bridgehead atoms. The van der Waals surface area contributed by atoms with Gasteiger partial charge in [0.05, 0.1) is 24.2 Å². The molecule has 0 spiro atoms. The molecule has 0 radical (unpaired) electrons. The van der Waals surface area contributed by atoms with Gasteiger partial charge in [-0.1, -0.05) is 17.2 Å². The Bertz CT molecular complexity index is 1360. The van der Waals surface area contributed by atoms with Crippen LogP contribution in [-0.2, 0) is 32.6 Å². The Labute approximate surface area is 226 Å². The summed E-state index contributed by atoms with van der Waals surface area (Å²) in [4.78, 5) is 4.86. The molecule has 2 heterocycles. The van der Waals surface area contributed by atoms with Crippen molar-refractivity contribution in [2.24, 2.45) is 13.0 Å². The van der Waals surface area contributed by atoms with E-state index in [1.54, 1.807) is 11.9 Å². The van der Waals surface area contributed by atoms with Crippen LogP contribution in [0.5, 0.6) is 0 Å². The Morgan fingerprint density at radius 3 is 2.27 bits per heavy atom. The minimum absolute atomic E-state index is 0.0513. The fraction of sp³-hybridized carbons (Fsp3) is 0.519. The van der Waals surface area contributed by atoms with E-state index in [-0.39, 0.29) is 29.2 Å². The van der Waals surface area contributed by atoms with E-state index in [2.05, 4.69) is 15.4 Å². The first-order valence-electron chi connectivity index (χ1n) is 13.1. The first kappa shape index (κ1) is 28.2. The van der Waals surface area contributed by atoms with E-state index >= 15 is 0 Å². The van der Waals surface area contributed by atoms with Crippen molar-refractivity contribution in [2.45, 2.75) is 64.2 Å². The van der Waals surface area contributed by atoms with E-state index in [4.69, 9.17) is 0 Å². The van der Waals surface area contributed by atoms with E-state index in [1.807, 2.05) is 4.90 Å². The van der Waals surface area contributed by atoms with Crippen molar-refractivity contribution in [3.63, 3.8) is 0 Å². The number of halogens is 7. The number of alkyl halides is 7. The van der Waals surface area contributed by atoms with Gasteiger partial charge in [-0.3, -0.25) is 0 Å². The number of hydrogen-bond acceptors (Lipinski definition) is 5. The summed E-state index contributed by atoms with van der Waals surface area (Å²) in [6.45, 7) is 1.37. The van der Waals surface area contributed by atoms with Crippen LogP contribution in [0, 0.1) is 12.8 Å². The molecule has 2 aromatic carbocycles. The average molecular weight is 571 g/mol. The van der Waals surface area contributed by atoms with E-state index in [1.165, 1.54) is 29.9 Å². The van der Waals surface area contributed by atoms with Crippen LogP contribution in [0.25, 0.3) is 0 Å². The first-order chi connectivity index (χ1) is 18.8. The highest BCUT2D eigenvalue weighted by molar-refractivity contribution is 5.62. The number of aryl methyl sites for hydroxylation is 2. The molecule has 5 rings (SSSR count). The highest BCUT2D eigenvalue weighted by Crippen LogP contribution is 2.45. The molecule has 0 saturated heterocycles. The van der Waals surface area contributed by atoms with E-state index in [0.29, 0.717) is 43.1 Å². The van der Waals surface area contributed by atoms with Gasteiger partial charge < -0.3 is 9.80 Å². The SMILES string of the molecule is Cc1cc2c(cc1C(F)(F)F)N(CC1CC1)CCCC2N(Cc1cc(CF)cc(C(F)(F)F)c1)c1nnn(C)n1. The molecule has 1 saturated carbocycles. The number of rotatable bonds is 7. The lowest BCUT2D eigenvalue weighted by Crippen LogP contribution is -2.31. The number of fused-ring (bicyclic) bond motifs is 1. The lowest BCUT2D eigenvalue weighted by Gasteiger charge is -2.33. The van der Waals surface area contributed by atoms with Gasteiger partial charge in [0.1, 0.15) is 6.67 Å². The summed E-state index contributed by atoms with van der Waals surface area (Å²) in [5, 5.41) is 12.3. The fourth-order valence-electron chi connectivity index (χ4n) is 5.44. The van der Waals surface area contributed by atoms with E-state index in [0.717, 1.165) is 25.0 Å². The molecule has 2 aliphatic rings. The Morgan fingerprint density at radius 1 is 0.950 bits per heavy atom. The second kappa shape index (κ2) is 10.5. The molecular formula is C27H29F7N6. The molecule has 0 amide bonds. The lowest BCUT2D eigenvalue weighted by molar-refractivity contribution is -0.138. The van der Waals surface area contributed by atoms with Gasteiger partial charge in [0, 0.05) is 25.3 Å². The highest BCUT2D eigenvalue weighted by Gasteiger charge is 2.38. The average Bonchev–Trinajstić information content (AvgIpc) is 3.62. The quantitative estimate of drug-likeness (QED) is 0.293. The zero-order chi connectivity index (χ0) is 28.8. The van der Waals surface area contributed by atoms with Gasteiger partial charge in [-0.25, -0.2) is 4.39 Å². The maximum absolute atomic E-state index is 14.0. The molecule has 1 aliphatic heterocycles. The van der Waals surface area contributed by atoms with E-state index < -0.39 is 36.2 Å². The molecular weight excluding hydrogens is 541 g/mol. The maximum atomic E-state index is 14.0. The van der Waals surface area contributed by atoms with Gasteiger partial charge in [0.25, 0.3) is 5.95 Å². The maximum Gasteiger partial charge on any atom is 0.416 e. The van der Waals surface area contributed by atoms with Gasteiger partial charge in [-0.05, 0) is 84.2 Å². The minimum atomic E-state index is -4.68. The van der Waals surface area contributed by atoms with Crippen molar-refractivity contribution in [3.8, 4) is 0 Å². The van der Waals surface area contributed by atoms with Crippen LogP contribution in [0.2, 0.25) is 0 Å². The van der Waals surface area contributed by atoms with Crippen molar-refractivity contribution in [1.82, 2.24) is 20.2 Å². The van der Waals surface area contributed by atoms with Crippen LogP contribution in [0.1, 0.15) is 65.1 Å². The lowest BCUT2D eigenvalue weighted by atomic mass is 9.94. The van der Waals surface area contributed by atoms with E-state index in [9.17, 15) is 30.7 Å². The molecule has 3 aromatic rings. The Hall–Kier alpha value is -3.38. The number of tetrazole rings is 1. The second-order valence-electron chi connectivity index (χ2n) is 10.6. The Morgan fingerprint density at radius 2 is 1.68 bits per heavy atom. The van der Waals surface area contributed by atoms with Crippen molar-refractivity contribution >= 4 is 11.6 Å². The number of anilines is 2. The van der Waals surface area contributed by atoms with Crippen molar-refractivity contribution in [1.29, 1.82) is 0 Å². The molecule has 1 fully saturated rings. The molecule has 1 aliphatic carbocycles. The number of aromatic nitrogens is 4. The predicted molar refractivity (Wildman–Crippen MR) is 134 cm³/mol. The van der Waals surface area contributed by atoms with Crippen molar-refractivity contribution in [2.75, 3.05) is 22.9 Å². The van der Waals surface area contributed by atoms with Crippen LogP contribution in [0.4, 0.5) is 42.4 Å². The third-order valence-corrected chi connectivity index (χ3v) is 7.48. The number of benzene rings is 2. The van der Waals surface area contributed by atoms with Crippen LogP contribution < -0.4 is 9.80 Å². The zero-order valence-electron chi connectivity index (χ0n) is 22.0. The largest absolute Gasteiger partial charge is 0.416 e. The molecule has 1 aromatic heterocycles. The summed E-state index contributed by atoms with van der Waals surface area (Å²) in [5.41, 5.74) is -0.521. The third kappa shape index (κ3) is 6.02. The first-order valence-corrected chi connectivity index (χ1v) is 13.1. The molecule has 1 unspecified atom stereocenters. The van der Waals surface area contributed by atoms with Crippen LogP contribution >= 0.6 is 0 Å². The zero-order valence-corrected chi connectivity index (χ0v) is 22.0. The van der Waals surface area contributed by atoms with Gasteiger partial charge in [-0.15, -0.1) is 5.10 Å². The molecule has 0 N–H and O–H groups in total. The number of nitrogens with zero attached hydrogens (tertiary/aromatic N) is 6. The minimum Gasteiger partial charge on any atom is -0.371 e. The molecule has 1 atom stereocenters. The van der Waals surface area contributed by atoms with Gasteiger partial charge in [0.15, 0.2) is 0 Å². The normalized spacial score (nSPS) is 18.0. The third-order valence-electron chi connectivity index (χ3n) is 7.48. The Balaban J connectivity index is 1.63. The van der Waals surface area contributed by atoms with Crippen molar-refractivity contribution in [3.05, 3.63) is 63.7 Å². The van der Waals surface area contributed by atoms with Crippen LogP contribution in [0.3, 0.4) is 0 Å². The van der Waals surface area contributed by atoms with Gasteiger partial charge in [0.2, 0.25) is 0 Å². The van der Waals surface area contributed by atoms with Crippen LogP contribution in [-0.4, -0.2) is 33.3 Å². The number of hydrogen-bond donors (Lipinski definition) is 0. The summed E-state index contributed by atoms with van der Waals surface area (Å²) < 4.78 is 96.3. The predicted octanol–water partition coefficient (Wildman–Crippen LogP) is 6.78. The van der Waals surface area contributed by atoms with Crippen LogP contribution in [0.15, 0.2) is 30.3 Å². The molecule has 216 valence electrons. The fourth-order valence-corrected chi connectivity index (χ4v) is 5.44. The standard InChI is InChI=1S/C27H29F7N6/c1-16-8-21-23(4-3-7-39(14-17-5-6-17)24(21)12-22(16)27(32,33)34)40(25-35-37-38(2)36-25)15-19-9-18(13-28)10-20(11-19)26(29,30)31/h8-12,17,23H,3-7,13-15H2,1-2H3. The molecule has 6 nitrogen and oxygen atoms in total. The summed E-state index contributed by atoms with van der Waals surface area (Å²) in [6.07, 6.45) is -6.06. The monoisotopic (exact) mass is 570 g/mol. The summed E-state index contributed by atoms with van der Waals surface area (Å²) in [7, 11) is 1.54. The van der Waals surface area contributed by atoms with Gasteiger partial charge in [-0.2, -0.15) is 31.1 Å². The second-order valence-corrected chi connectivity index (χ2v) is 10.6. The smallest absolute Gasteiger partial charge is 0.371 e. The summed E-state index contributed by atoms with van der Waals surface area (Å²) in [6, 6.07) is 5.24. The van der Waals surface area contributed by atoms with Crippen molar-refractivity contribution < 1.29 is 30.7 Å². The highest BCUT2D eigenvalue weighted by atomic mass is 19.4. The topological polar surface area (TPSA) is 50.1 Å². The van der Waals surface area contributed by atoms with Gasteiger partial charge >= 0.3 is 12.4 Å². The molecule has 13 heteroatoms.